The highest BCUT2D eigenvalue weighted by Gasteiger charge is 2.07. The van der Waals surface area contributed by atoms with Crippen LogP contribution in [0.15, 0.2) is 41.0 Å². The number of hydrogen-bond donors (Lipinski definition) is 1. The van der Waals surface area contributed by atoms with Crippen molar-refractivity contribution in [2.24, 2.45) is 0 Å². The molecule has 2 aromatic heterocycles. The zero-order chi connectivity index (χ0) is 16.1. The molecular weight excluding hydrogens is 354 g/mol. The van der Waals surface area contributed by atoms with Crippen LogP contribution in [0.25, 0.3) is 22.6 Å². The van der Waals surface area contributed by atoms with Gasteiger partial charge in [-0.15, -0.1) is 0 Å². The molecule has 0 saturated heterocycles. The fraction of sp³-hybridized carbons (Fsp3) is 0.333. The monoisotopic (exact) mass is 373 g/mol. The van der Waals surface area contributed by atoms with Crippen LogP contribution in [0.1, 0.15) is 32.6 Å². The molecular formula is C18H20BrN3O. The van der Waals surface area contributed by atoms with E-state index in [0.717, 1.165) is 40.2 Å². The first-order valence-corrected chi connectivity index (χ1v) is 8.80. The molecule has 0 aliphatic rings. The normalized spacial score (nSPS) is 11.0. The summed E-state index contributed by atoms with van der Waals surface area (Å²) >= 11 is 3.43. The molecule has 0 fully saturated rings. The Labute approximate surface area is 144 Å². The molecule has 3 aromatic rings. The Morgan fingerprint density at radius 3 is 2.96 bits per heavy atom. The third-order valence-electron chi connectivity index (χ3n) is 3.68. The summed E-state index contributed by atoms with van der Waals surface area (Å²) in [6.45, 7) is 2.98. The van der Waals surface area contributed by atoms with Crippen molar-refractivity contribution in [3.05, 3.63) is 41.0 Å². The Balaban J connectivity index is 1.73. The summed E-state index contributed by atoms with van der Waals surface area (Å²) in [5.74, 6) is 1.69. The first-order valence-electron chi connectivity index (χ1n) is 8.01. The first kappa shape index (κ1) is 16.0. The molecule has 1 N–H and O–H groups in total. The summed E-state index contributed by atoms with van der Waals surface area (Å²) in [6, 6.07) is 10.0. The van der Waals surface area contributed by atoms with Crippen molar-refractivity contribution in [3.63, 3.8) is 0 Å². The van der Waals surface area contributed by atoms with Gasteiger partial charge in [-0.2, -0.15) is 0 Å². The number of unbranched alkanes of at least 4 members (excludes halogenated alkanes) is 3. The molecule has 3 rings (SSSR count). The number of rotatable bonds is 7. The van der Waals surface area contributed by atoms with Crippen molar-refractivity contribution in [3.8, 4) is 17.1 Å². The second-order valence-corrected chi connectivity index (χ2v) is 6.46. The third-order valence-corrected chi connectivity index (χ3v) is 4.11. The van der Waals surface area contributed by atoms with Crippen LogP contribution in [0.4, 0.5) is 0 Å². The van der Waals surface area contributed by atoms with Gasteiger partial charge in [-0.3, -0.25) is 0 Å². The van der Waals surface area contributed by atoms with Gasteiger partial charge in [-0.25, -0.2) is 9.97 Å². The quantitative estimate of drug-likeness (QED) is 0.568. The van der Waals surface area contributed by atoms with Crippen molar-refractivity contribution in [2.45, 2.75) is 32.6 Å². The Morgan fingerprint density at radius 1 is 1.17 bits per heavy atom. The topological polar surface area (TPSA) is 50.8 Å². The number of ether oxygens (including phenoxy) is 1. The summed E-state index contributed by atoms with van der Waals surface area (Å²) in [6.07, 6.45) is 6.58. The Hall–Kier alpha value is -1.88. The van der Waals surface area contributed by atoms with Gasteiger partial charge in [-0.1, -0.05) is 38.3 Å². The van der Waals surface area contributed by atoms with Crippen LogP contribution in [0, 0.1) is 0 Å². The number of halogens is 1. The molecule has 120 valence electrons. The largest absolute Gasteiger partial charge is 0.494 e. The third kappa shape index (κ3) is 4.10. The molecule has 2 heterocycles. The minimum Gasteiger partial charge on any atom is -0.494 e. The number of aromatic amines is 1. The lowest BCUT2D eigenvalue weighted by atomic mass is 10.2. The van der Waals surface area contributed by atoms with Gasteiger partial charge in [0.2, 0.25) is 0 Å². The number of hydrogen-bond acceptors (Lipinski definition) is 3. The molecule has 0 atom stereocenters. The number of nitrogens with zero attached hydrogens (tertiary/aromatic N) is 2. The summed E-state index contributed by atoms with van der Waals surface area (Å²) in [7, 11) is 0. The molecule has 0 amide bonds. The lowest BCUT2D eigenvalue weighted by Gasteiger charge is -2.07. The van der Waals surface area contributed by atoms with Gasteiger partial charge < -0.3 is 9.72 Å². The van der Waals surface area contributed by atoms with Crippen LogP contribution in [-0.2, 0) is 0 Å². The number of aromatic nitrogens is 3. The minimum atomic E-state index is 0.717. The lowest BCUT2D eigenvalue weighted by Crippen LogP contribution is -1.97. The standard InChI is InChI=1S/C18H20BrN3O/c1-2-3-4-5-9-23-15-8-6-7-13(10-15)17-21-16-11-14(19)12-20-18(16)22-17/h6-8,10-12H,2-5,9H2,1H3,(H,20,21,22). The maximum atomic E-state index is 5.84. The zero-order valence-electron chi connectivity index (χ0n) is 13.2. The van der Waals surface area contributed by atoms with Crippen LogP contribution in [0.3, 0.4) is 0 Å². The highest BCUT2D eigenvalue weighted by atomic mass is 79.9. The van der Waals surface area contributed by atoms with Gasteiger partial charge in [0, 0.05) is 16.2 Å². The smallest absolute Gasteiger partial charge is 0.178 e. The van der Waals surface area contributed by atoms with Crippen LogP contribution in [0.5, 0.6) is 5.75 Å². The zero-order valence-corrected chi connectivity index (χ0v) is 14.8. The van der Waals surface area contributed by atoms with E-state index in [0.29, 0.717) is 5.65 Å². The van der Waals surface area contributed by atoms with E-state index in [1.54, 1.807) is 6.20 Å². The molecule has 0 unspecified atom stereocenters. The van der Waals surface area contributed by atoms with Crippen LogP contribution in [-0.4, -0.2) is 21.6 Å². The molecule has 0 spiro atoms. The molecule has 0 radical (unpaired) electrons. The van der Waals surface area contributed by atoms with Gasteiger partial charge >= 0.3 is 0 Å². The first-order chi connectivity index (χ1) is 11.3. The Kier molecular flexibility index (Phi) is 5.28. The molecule has 0 aliphatic carbocycles. The second kappa shape index (κ2) is 7.59. The van der Waals surface area contributed by atoms with E-state index in [9.17, 15) is 0 Å². The fourth-order valence-corrected chi connectivity index (χ4v) is 2.79. The molecule has 4 nitrogen and oxygen atoms in total. The second-order valence-electron chi connectivity index (χ2n) is 5.55. The average molecular weight is 374 g/mol. The van der Waals surface area contributed by atoms with Crippen molar-refractivity contribution >= 4 is 27.1 Å². The highest BCUT2D eigenvalue weighted by Crippen LogP contribution is 2.24. The number of benzene rings is 1. The predicted molar refractivity (Wildman–Crippen MR) is 96.7 cm³/mol. The van der Waals surface area contributed by atoms with E-state index >= 15 is 0 Å². The van der Waals surface area contributed by atoms with Gasteiger partial charge in [0.1, 0.15) is 11.6 Å². The molecule has 0 bridgehead atoms. The molecule has 1 aromatic carbocycles. The van der Waals surface area contributed by atoms with Crippen molar-refractivity contribution in [1.82, 2.24) is 15.0 Å². The van der Waals surface area contributed by atoms with E-state index in [2.05, 4.69) is 37.8 Å². The minimum absolute atomic E-state index is 0.717. The van der Waals surface area contributed by atoms with Crippen molar-refractivity contribution < 1.29 is 4.74 Å². The van der Waals surface area contributed by atoms with Crippen LogP contribution >= 0.6 is 15.9 Å². The van der Waals surface area contributed by atoms with Gasteiger partial charge in [0.25, 0.3) is 0 Å². The summed E-state index contributed by atoms with van der Waals surface area (Å²) in [4.78, 5) is 12.2. The number of pyridine rings is 1. The van der Waals surface area contributed by atoms with Crippen LogP contribution in [0.2, 0.25) is 0 Å². The fourth-order valence-electron chi connectivity index (χ4n) is 2.46. The number of fused-ring (bicyclic) bond motifs is 1. The summed E-state index contributed by atoms with van der Waals surface area (Å²) in [5, 5.41) is 0. The maximum Gasteiger partial charge on any atom is 0.178 e. The van der Waals surface area contributed by atoms with Crippen molar-refractivity contribution in [2.75, 3.05) is 6.61 Å². The maximum absolute atomic E-state index is 5.84. The summed E-state index contributed by atoms with van der Waals surface area (Å²) < 4.78 is 6.78. The highest BCUT2D eigenvalue weighted by molar-refractivity contribution is 9.10. The Morgan fingerprint density at radius 2 is 2.09 bits per heavy atom. The number of H-pyrrole nitrogens is 1. The van der Waals surface area contributed by atoms with E-state index in [4.69, 9.17) is 4.74 Å². The molecule has 23 heavy (non-hydrogen) atoms. The van der Waals surface area contributed by atoms with E-state index in [-0.39, 0.29) is 0 Å². The van der Waals surface area contributed by atoms with Gasteiger partial charge in [-0.05, 0) is 40.5 Å². The van der Waals surface area contributed by atoms with Gasteiger partial charge in [0.05, 0.1) is 12.1 Å². The SMILES string of the molecule is CCCCCCOc1cccc(-c2nc3ncc(Br)cc3[nH]2)c1. The predicted octanol–water partition coefficient (Wildman–Crippen LogP) is 5.35. The molecule has 0 saturated carbocycles. The molecule has 5 heteroatoms. The Bertz CT molecular complexity index is 785. The van der Waals surface area contributed by atoms with Gasteiger partial charge in [0.15, 0.2) is 5.65 Å². The average Bonchev–Trinajstić information content (AvgIpc) is 2.98. The van der Waals surface area contributed by atoms with E-state index in [1.807, 2.05) is 30.3 Å². The summed E-state index contributed by atoms with van der Waals surface area (Å²) in [5.41, 5.74) is 2.64. The molecule has 0 aliphatic heterocycles. The number of nitrogens with one attached hydrogen (secondary N) is 1. The van der Waals surface area contributed by atoms with Crippen LogP contribution < -0.4 is 4.74 Å². The number of imidazole rings is 1. The van der Waals surface area contributed by atoms with E-state index < -0.39 is 0 Å². The lowest BCUT2D eigenvalue weighted by molar-refractivity contribution is 0.305. The van der Waals surface area contributed by atoms with Crippen molar-refractivity contribution in [1.29, 1.82) is 0 Å². The van der Waals surface area contributed by atoms with E-state index in [1.165, 1.54) is 19.3 Å².